The molecule has 4 nitrogen and oxygen atoms in total. The Kier molecular flexibility index (Phi) is 4.18. The van der Waals surface area contributed by atoms with E-state index in [1.165, 1.54) is 30.5 Å². The molecule has 126 valence electrons. The van der Waals surface area contributed by atoms with Gasteiger partial charge in [0.2, 0.25) is 0 Å². The molecular weight excluding hydrogens is 312 g/mol. The van der Waals surface area contributed by atoms with Gasteiger partial charge in [-0.25, -0.2) is 0 Å². The average Bonchev–Trinajstić information content (AvgIpc) is 3.29. The van der Waals surface area contributed by atoms with Crippen molar-refractivity contribution >= 4 is 18.1 Å². The van der Waals surface area contributed by atoms with Crippen LogP contribution in [0.4, 0.5) is 5.69 Å². The quantitative estimate of drug-likeness (QED) is 0.620. The van der Waals surface area contributed by atoms with Crippen molar-refractivity contribution < 1.29 is 4.92 Å². The van der Waals surface area contributed by atoms with Crippen LogP contribution < -0.4 is 0 Å². The number of nitrogens with zero attached hydrogens (tertiary/aromatic N) is 2. The van der Waals surface area contributed by atoms with Crippen molar-refractivity contribution in [1.29, 1.82) is 0 Å². The standard InChI is InChI=1S/C18H24N2O2.ClH/c1-12-17-9-14-5-6-15(20(21)22)10-16(14)18(12,2)7-8-19(17)11-13-3-4-13;/h5-6,10,12-13,17H,3-4,7-9,11H2,1-2H3;1H/t12-,17?,18-;/m0./s1. The van der Waals surface area contributed by atoms with Crippen LogP contribution in [0, 0.1) is 22.0 Å². The summed E-state index contributed by atoms with van der Waals surface area (Å²) in [7, 11) is 0. The third kappa shape index (κ3) is 2.66. The number of hydrogen-bond acceptors (Lipinski definition) is 3. The number of nitro benzene ring substituents is 1. The van der Waals surface area contributed by atoms with Crippen LogP contribution in [0.1, 0.15) is 44.2 Å². The number of piperidine rings is 1. The van der Waals surface area contributed by atoms with Gasteiger partial charge in [-0.05, 0) is 60.6 Å². The Bertz CT molecular complexity index is 631. The molecule has 0 spiro atoms. The molecule has 2 fully saturated rings. The summed E-state index contributed by atoms with van der Waals surface area (Å²) in [6, 6.07) is 6.14. The molecule has 4 rings (SSSR count). The van der Waals surface area contributed by atoms with E-state index >= 15 is 0 Å². The summed E-state index contributed by atoms with van der Waals surface area (Å²) in [5.41, 5.74) is 2.89. The van der Waals surface area contributed by atoms with Gasteiger partial charge in [0.25, 0.3) is 5.69 Å². The molecule has 1 unspecified atom stereocenters. The van der Waals surface area contributed by atoms with Gasteiger partial charge in [-0.1, -0.05) is 19.9 Å². The second kappa shape index (κ2) is 5.75. The molecule has 5 heteroatoms. The minimum absolute atomic E-state index is 0. The lowest BCUT2D eigenvalue weighted by Crippen LogP contribution is -2.58. The normalized spacial score (nSPS) is 32.8. The van der Waals surface area contributed by atoms with E-state index in [1.807, 2.05) is 12.1 Å². The zero-order valence-electron chi connectivity index (χ0n) is 13.8. The Morgan fingerprint density at radius 2 is 2.13 bits per heavy atom. The van der Waals surface area contributed by atoms with Gasteiger partial charge >= 0.3 is 0 Å². The molecule has 0 N–H and O–H groups in total. The molecule has 1 heterocycles. The number of non-ortho nitro benzene ring substituents is 1. The zero-order chi connectivity index (χ0) is 15.5. The van der Waals surface area contributed by atoms with E-state index in [2.05, 4.69) is 18.7 Å². The van der Waals surface area contributed by atoms with Crippen LogP contribution in [-0.4, -0.2) is 29.0 Å². The summed E-state index contributed by atoms with van der Waals surface area (Å²) in [4.78, 5) is 13.6. The third-order valence-corrected chi connectivity index (χ3v) is 6.51. The molecule has 1 aliphatic heterocycles. The molecule has 1 aromatic carbocycles. The van der Waals surface area contributed by atoms with Gasteiger partial charge in [0, 0.05) is 24.7 Å². The zero-order valence-corrected chi connectivity index (χ0v) is 14.6. The van der Waals surface area contributed by atoms with Crippen molar-refractivity contribution in [2.45, 2.75) is 51.0 Å². The van der Waals surface area contributed by atoms with E-state index in [9.17, 15) is 10.1 Å². The number of nitro groups is 1. The second-order valence-electron chi connectivity index (χ2n) is 7.76. The lowest BCUT2D eigenvalue weighted by Gasteiger charge is -2.54. The van der Waals surface area contributed by atoms with E-state index in [1.54, 1.807) is 6.07 Å². The molecule has 1 aromatic rings. The van der Waals surface area contributed by atoms with Crippen LogP contribution in [0.3, 0.4) is 0 Å². The smallest absolute Gasteiger partial charge is 0.269 e. The average molecular weight is 337 g/mol. The van der Waals surface area contributed by atoms with Gasteiger partial charge in [0.15, 0.2) is 0 Å². The van der Waals surface area contributed by atoms with Gasteiger partial charge < -0.3 is 0 Å². The Morgan fingerprint density at radius 1 is 1.39 bits per heavy atom. The maximum Gasteiger partial charge on any atom is 0.269 e. The molecule has 3 atom stereocenters. The van der Waals surface area contributed by atoms with E-state index < -0.39 is 0 Å². The first-order valence-electron chi connectivity index (χ1n) is 8.51. The Hall–Kier alpha value is -1.13. The summed E-state index contributed by atoms with van der Waals surface area (Å²) < 4.78 is 0. The van der Waals surface area contributed by atoms with Crippen LogP contribution in [0.15, 0.2) is 18.2 Å². The molecular formula is C18H25ClN2O2. The van der Waals surface area contributed by atoms with Gasteiger partial charge in [0.05, 0.1) is 4.92 Å². The van der Waals surface area contributed by atoms with E-state index in [-0.39, 0.29) is 28.4 Å². The molecule has 1 saturated carbocycles. The summed E-state index contributed by atoms with van der Waals surface area (Å²) in [6.07, 6.45) is 4.97. The summed E-state index contributed by atoms with van der Waals surface area (Å²) in [6.45, 7) is 7.07. The predicted molar refractivity (Wildman–Crippen MR) is 93.3 cm³/mol. The highest BCUT2D eigenvalue weighted by atomic mass is 35.5. The Morgan fingerprint density at radius 3 is 2.78 bits per heavy atom. The number of benzene rings is 1. The first-order chi connectivity index (χ1) is 10.5. The number of fused-ring (bicyclic) bond motifs is 4. The highest BCUT2D eigenvalue weighted by molar-refractivity contribution is 5.85. The summed E-state index contributed by atoms with van der Waals surface area (Å²) in [5, 5.41) is 11.1. The molecule has 2 aliphatic carbocycles. The molecule has 23 heavy (non-hydrogen) atoms. The summed E-state index contributed by atoms with van der Waals surface area (Å²) in [5.74, 6) is 1.49. The molecule has 0 amide bonds. The minimum Gasteiger partial charge on any atom is -0.299 e. The number of rotatable bonds is 3. The topological polar surface area (TPSA) is 46.4 Å². The fourth-order valence-electron chi connectivity index (χ4n) is 4.67. The van der Waals surface area contributed by atoms with E-state index in [0.717, 1.165) is 25.3 Å². The van der Waals surface area contributed by atoms with Crippen molar-refractivity contribution in [1.82, 2.24) is 4.90 Å². The van der Waals surface area contributed by atoms with Crippen LogP contribution in [0.5, 0.6) is 0 Å². The van der Waals surface area contributed by atoms with E-state index in [4.69, 9.17) is 0 Å². The molecule has 0 aromatic heterocycles. The molecule has 1 saturated heterocycles. The molecule has 2 bridgehead atoms. The van der Waals surface area contributed by atoms with Gasteiger partial charge in [-0.2, -0.15) is 0 Å². The summed E-state index contributed by atoms with van der Waals surface area (Å²) >= 11 is 0. The van der Waals surface area contributed by atoms with Gasteiger partial charge in [-0.3, -0.25) is 15.0 Å². The molecule has 0 radical (unpaired) electrons. The van der Waals surface area contributed by atoms with Crippen molar-refractivity contribution in [3.63, 3.8) is 0 Å². The predicted octanol–water partition coefficient (Wildman–Crippen LogP) is 3.95. The highest BCUT2D eigenvalue weighted by Gasteiger charge is 2.49. The van der Waals surface area contributed by atoms with Crippen LogP contribution in [0.2, 0.25) is 0 Å². The maximum atomic E-state index is 11.1. The maximum absolute atomic E-state index is 11.1. The van der Waals surface area contributed by atoms with Crippen molar-refractivity contribution in [2.75, 3.05) is 13.1 Å². The van der Waals surface area contributed by atoms with Crippen LogP contribution in [-0.2, 0) is 11.8 Å². The first kappa shape index (κ1) is 16.7. The lowest BCUT2D eigenvalue weighted by molar-refractivity contribution is -0.385. The van der Waals surface area contributed by atoms with Crippen molar-refractivity contribution in [3.8, 4) is 0 Å². The van der Waals surface area contributed by atoms with Crippen molar-refractivity contribution in [3.05, 3.63) is 39.4 Å². The third-order valence-electron chi connectivity index (χ3n) is 6.51. The fourth-order valence-corrected chi connectivity index (χ4v) is 4.67. The van der Waals surface area contributed by atoms with Gasteiger partial charge in [0.1, 0.15) is 0 Å². The van der Waals surface area contributed by atoms with E-state index in [0.29, 0.717) is 12.0 Å². The number of halogens is 1. The first-order valence-corrected chi connectivity index (χ1v) is 8.51. The Balaban J connectivity index is 0.00000156. The second-order valence-corrected chi connectivity index (χ2v) is 7.76. The lowest BCUT2D eigenvalue weighted by atomic mass is 9.59. The molecule has 3 aliphatic rings. The van der Waals surface area contributed by atoms with Crippen molar-refractivity contribution in [2.24, 2.45) is 11.8 Å². The monoisotopic (exact) mass is 336 g/mol. The Labute approximate surface area is 143 Å². The van der Waals surface area contributed by atoms with Crippen LogP contribution >= 0.6 is 12.4 Å². The van der Waals surface area contributed by atoms with Gasteiger partial charge in [-0.15, -0.1) is 12.4 Å². The largest absolute Gasteiger partial charge is 0.299 e. The SMILES string of the molecule is C[C@H]1C2Cc3ccc([N+](=O)[O-])cc3[C@@]1(C)CCN2CC1CC1.Cl. The number of likely N-dealkylation sites (tertiary alicyclic amines) is 1. The van der Waals surface area contributed by atoms with Crippen LogP contribution in [0.25, 0.3) is 0 Å². The minimum atomic E-state index is -0.261. The fraction of sp³-hybridized carbons (Fsp3) is 0.667. The number of hydrogen-bond donors (Lipinski definition) is 0. The highest BCUT2D eigenvalue weighted by Crippen LogP contribution is 2.50.